The summed E-state index contributed by atoms with van der Waals surface area (Å²) in [6.45, 7) is 5.45. The van der Waals surface area contributed by atoms with Crippen molar-refractivity contribution in [1.82, 2.24) is 15.5 Å². The van der Waals surface area contributed by atoms with Gasteiger partial charge < -0.3 is 10.6 Å². The van der Waals surface area contributed by atoms with Gasteiger partial charge >= 0.3 is 0 Å². The molecule has 4 nitrogen and oxygen atoms in total. The molecule has 25 heavy (non-hydrogen) atoms. The lowest BCUT2D eigenvalue weighted by Gasteiger charge is -2.22. The van der Waals surface area contributed by atoms with E-state index in [1.165, 1.54) is 62.7 Å². The van der Waals surface area contributed by atoms with E-state index < -0.39 is 0 Å². The Balaban J connectivity index is 0.00000225. The van der Waals surface area contributed by atoms with E-state index in [1.54, 1.807) is 0 Å². The molecule has 1 saturated heterocycles. The summed E-state index contributed by atoms with van der Waals surface area (Å²) in [7, 11) is 1.85. The predicted octanol–water partition coefficient (Wildman–Crippen LogP) is 3.76. The Morgan fingerprint density at radius 1 is 1.04 bits per heavy atom. The number of aliphatic imine (C=N–C) groups is 1. The van der Waals surface area contributed by atoms with Crippen molar-refractivity contribution < 1.29 is 0 Å². The molecule has 0 unspecified atom stereocenters. The van der Waals surface area contributed by atoms with Crippen LogP contribution in [0.25, 0.3) is 0 Å². The van der Waals surface area contributed by atoms with E-state index in [-0.39, 0.29) is 24.0 Å². The van der Waals surface area contributed by atoms with Crippen molar-refractivity contribution in [1.29, 1.82) is 0 Å². The Kier molecular flexibility index (Phi) is 9.03. The summed E-state index contributed by atoms with van der Waals surface area (Å²) in [4.78, 5) is 6.96. The molecule has 1 heterocycles. The molecule has 0 radical (unpaired) electrons. The lowest BCUT2D eigenvalue weighted by molar-refractivity contribution is 0.276. The molecule has 5 heteroatoms. The van der Waals surface area contributed by atoms with E-state index in [9.17, 15) is 0 Å². The average molecular weight is 456 g/mol. The van der Waals surface area contributed by atoms with E-state index in [0.29, 0.717) is 0 Å². The summed E-state index contributed by atoms with van der Waals surface area (Å²) < 4.78 is 0. The molecular formula is C20H33IN4. The second-order valence-electron chi connectivity index (χ2n) is 7.21. The van der Waals surface area contributed by atoms with Crippen LogP contribution in [0, 0.1) is 5.92 Å². The summed E-state index contributed by atoms with van der Waals surface area (Å²) in [5.41, 5.74) is 2.83. The van der Waals surface area contributed by atoms with Crippen molar-refractivity contribution in [3.05, 3.63) is 35.4 Å². The highest BCUT2D eigenvalue weighted by Crippen LogP contribution is 2.27. The zero-order valence-electron chi connectivity index (χ0n) is 15.5. The van der Waals surface area contributed by atoms with Crippen molar-refractivity contribution in [3.8, 4) is 0 Å². The molecule has 2 aliphatic rings. The average Bonchev–Trinajstić information content (AvgIpc) is 3.44. The molecule has 2 N–H and O–H groups in total. The maximum Gasteiger partial charge on any atom is 0.191 e. The van der Waals surface area contributed by atoms with Gasteiger partial charge in [0.2, 0.25) is 0 Å². The van der Waals surface area contributed by atoms with Crippen LogP contribution < -0.4 is 10.6 Å². The van der Waals surface area contributed by atoms with Crippen LogP contribution in [0.5, 0.6) is 0 Å². The van der Waals surface area contributed by atoms with Crippen LogP contribution in [0.15, 0.2) is 29.3 Å². The molecule has 1 aliphatic heterocycles. The zero-order chi connectivity index (χ0) is 16.6. The van der Waals surface area contributed by atoms with Crippen molar-refractivity contribution in [2.45, 2.75) is 51.6 Å². The predicted molar refractivity (Wildman–Crippen MR) is 117 cm³/mol. The Labute approximate surface area is 169 Å². The maximum atomic E-state index is 4.34. The summed E-state index contributed by atoms with van der Waals surface area (Å²) in [6, 6.07) is 8.83. The molecule has 0 spiro atoms. The van der Waals surface area contributed by atoms with Crippen molar-refractivity contribution in [2.75, 3.05) is 26.7 Å². The van der Waals surface area contributed by atoms with Gasteiger partial charge in [0.25, 0.3) is 0 Å². The molecule has 2 fully saturated rings. The third-order valence-corrected chi connectivity index (χ3v) is 5.14. The van der Waals surface area contributed by atoms with Crippen LogP contribution >= 0.6 is 24.0 Å². The van der Waals surface area contributed by atoms with E-state index in [0.717, 1.165) is 31.5 Å². The minimum atomic E-state index is 0. The van der Waals surface area contributed by atoms with E-state index >= 15 is 0 Å². The number of benzene rings is 1. The van der Waals surface area contributed by atoms with E-state index in [1.807, 2.05) is 7.05 Å². The van der Waals surface area contributed by atoms with Gasteiger partial charge in [-0.1, -0.05) is 37.1 Å². The minimum absolute atomic E-state index is 0. The first kappa shape index (κ1) is 20.5. The van der Waals surface area contributed by atoms with Crippen LogP contribution in [-0.4, -0.2) is 37.5 Å². The van der Waals surface area contributed by atoms with Gasteiger partial charge in [-0.2, -0.15) is 0 Å². The molecule has 0 amide bonds. The highest BCUT2D eigenvalue weighted by Gasteiger charge is 2.21. The Bertz CT molecular complexity index is 534. The Hall–Kier alpha value is -0.820. The lowest BCUT2D eigenvalue weighted by atomic mass is 10.1. The summed E-state index contributed by atoms with van der Waals surface area (Å²) in [6.07, 6.45) is 8.20. The van der Waals surface area contributed by atoms with E-state index in [4.69, 9.17) is 0 Å². The fourth-order valence-electron chi connectivity index (χ4n) is 3.38. The molecule has 1 aromatic carbocycles. The van der Waals surface area contributed by atoms with Crippen molar-refractivity contribution in [2.24, 2.45) is 10.9 Å². The second kappa shape index (κ2) is 11.0. The molecule has 0 bridgehead atoms. The van der Waals surface area contributed by atoms with Crippen molar-refractivity contribution in [3.63, 3.8) is 0 Å². The van der Waals surface area contributed by atoms with Gasteiger partial charge in [-0.15, -0.1) is 24.0 Å². The lowest BCUT2D eigenvalue weighted by Crippen LogP contribution is -2.38. The molecule has 1 aromatic rings. The first-order valence-corrected chi connectivity index (χ1v) is 9.59. The monoisotopic (exact) mass is 456 g/mol. The first-order valence-electron chi connectivity index (χ1n) is 9.59. The maximum absolute atomic E-state index is 4.34. The normalized spacial score (nSPS) is 19.0. The standard InChI is InChI=1S/C20H32N4.HI/c1-21-20(22-14-17-10-11-17)23-15-18-8-4-5-9-19(18)16-24-12-6-2-3-7-13-24;/h4-5,8-9,17H,2-3,6-7,10-16H2,1H3,(H2,21,22,23);1H. The third kappa shape index (κ3) is 7.13. The van der Waals surface area contributed by atoms with Gasteiger partial charge in [0.1, 0.15) is 0 Å². The van der Waals surface area contributed by atoms with Gasteiger partial charge in [-0.05, 0) is 55.8 Å². The molecule has 140 valence electrons. The van der Waals surface area contributed by atoms with Crippen LogP contribution in [0.2, 0.25) is 0 Å². The number of hydrogen-bond acceptors (Lipinski definition) is 2. The van der Waals surface area contributed by atoms with Gasteiger partial charge in [-0.25, -0.2) is 0 Å². The fraction of sp³-hybridized carbons (Fsp3) is 0.650. The van der Waals surface area contributed by atoms with E-state index in [2.05, 4.69) is 44.8 Å². The Morgan fingerprint density at radius 3 is 2.36 bits per heavy atom. The number of hydrogen-bond donors (Lipinski definition) is 2. The van der Waals surface area contributed by atoms with Gasteiger partial charge in [0.15, 0.2) is 5.96 Å². The van der Waals surface area contributed by atoms with Crippen LogP contribution in [0.1, 0.15) is 49.7 Å². The largest absolute Gasteiger partial charge is 0.356 e. The fourth-order valence-corrected chi connectivity index (χ4v) is 3.38. The van der Waals surface area contributed by atoms with Crippen LogP contribution in [0.3, 0.4) is 0 Å². The van der Waals surface area contributed by atoms with Crippen molar-refractivity contribution >= 4 is 29.9 Å². The summed E-state index contributed by atoms with van der Waals surface area (Å²) in [5, 5.41) is 6.92. The molecular weight excluding hydrogens is 423 g/mol. The van der Waals surface area contributed by atoms with Gasteiger partial charge in [-0.3, -0.25) is 9.89 Å². The number of nitrogens with zero attached hydrogens (tertiary/aromatic N) is 2. The first-order chi connectivity index (χ1) is 11.8. The van der Waals surface area contributed by atoms with Gasteiger partial charge in [0.05, 0.1) is 0 Å². The highest BCUT2D eigenvalue weighted by molar-refractivity contribution is 14.0. The Morgan fingerprint density at radius 2 is 1.72 bits per heavy atom. The minimum Gasteiger partial charge on any atom is -0.356 e. The molecule has 1 saturated carbocycles. The number of likely N-dealkylation sites (tertiary alicyclic amines) is 1. The van der Waals surface area contributed by atoms with Gasteiger partial charge in [0, 0.05) is 26.7 Å². The molecule has 3 rings (SSSR count). The third-order valence-electron chi connectivity index (χ3n) is 5.14. The quantitative estimate of drug-likeness (QED) is 0.389. The number of guanidine groups is 1. The summed E-state index contributed by atoms with van der Waals surface area (Å²) in [5.74, 6) is 1.78. The topological polar surface area (TPSA) is 39.7 Å². The molecule has 0 atom stereocenters. The smallest absolute Gasteiger partial charge is 0.191 e. The van der Waals surface area contributed by atoms with Crippen LogP contribution in [-0.2, 0) is 13.1 Å². The SMILES string of the molecule is CN=C(NCc1ccccc1CN1CCCCCC1)NCC1CC1.I. The highest BCUT2D eigenvalue weighted by atomic mass is 127. The second-order valence-corrected chi connectivity index (χ2v) is 7.21. The molecule has 1 aliphatic carbocycles. The number of rotatable bonds is 6. The number of halogens is 1. The molecule has 0 aromatic heterocycles. The number of nitrogens with one attached hydrogen (secondary N) is 2. The van der Waals surface area contributed by atoms with Crippen LogP contribution in [0.4, 0.5) is 0 Å². The zero-order valence-corrected chi connectivity index (χ0v) is 17.8. The summed E-state index contributed by atoms with van der Waals surface area (Å²) >= 11 is 0.